The lowest BCUT2D eigenvalue weighted by atomic mass is 10.1. The Morgan fingerprint density at radius 1 is 1.07 bits per heavy atom. The standard InChI is InChI=1S/C21H18F3N3O2/c1-12-4-9-18(29-3)17(10-12)27-20(28)16-11-25-19(26-13(16)2)14-5-7-15(8-6-14)21(22,23)24/h4-11H,1-3H3,(H,27,28). The second-order valence-electron chi connectivity index (χ2n) is 6.43. The fourth-order valence-electron chi connectivity index (χ4n) is 2.75. The second kappa shape index (κ2) is 7.90. The first-order chi connectivity index (χ1) is 13.7. The van der Waals surface area contributed by atoms with Gasteiger partial charge in [0.25, 0.3) is 5.91 Å². The highest BCUT2D eigenvalue weighted by Gasteiger charge is 2.30. The van der Waals surface area contributed by atoms with E-state index in [1.54, 1.807) is 19.1 Å². The van der Waals surface area contributed by atoms with Crippen LogP contribution >= 0.6 is 0 Å². The maximum absolute atomic E-state index is 12.7. The molecule has 1 heterocycles. The minimum Gasteiger partial charge on any atom is -0.495 e. The van der Waals surface area contributed by atoms with Crippen molar-refractivity contribution < 1.29 is 22.7 Å². The van der Waals surface area contributed by atoms with Crippen molar-refractivity contribution in [2.24, 2.45) is 0 Å². The van der Waals surface area contributed by atoms with Crippen molar-refractivity contribution >= 4 is 11.6 Å². The number of hydrogen-bond acceptors (Lipinski definition) is 4. The lowest BCUT2D eigenvalue weighted by molar-refractivity contribution is -0.137. The van der Waals surface area contributed by atoms with Crippen LogP contribution in [-0.4, -0.2) is 23.0 Å². The number of rotatable bonds is 4. The van der Waals surface area contributed by atoms with Crippen molar-refractivity contribution in [1.82, 2.24) is 9.97 Å². The Morgan fingerprint density at radius 2 is 1.76 bits per heavy atom. The highest BCUT2D eigenvalue weighted by atomic mass is 19.4. The molecule has 0 aliphatic carbocycles. The van der Waals surface area contributed by atoms with Crippen molar-refractivity contribution in [2.75, 3.05) is 12.4 Å². The van der Waals surface area contributed by atoms with Crippen molar-refractivity contribution in [3.63, 3.8) is 0 Å². The maximum Gasteiger partial charge on any atom is 0.416 e. The van der Waals surface area contributed by atoms with Gasteiger partial charge >= 0.3 is 6.18 Å². The number of nitrogens with zero attached hydrogens (tertiary/aromatic N) is 2. The molecule has 1 aromatic heterocycles. The van der Waals surface area contributed by atoms with Gasteiger partial charge in [-0.1, -0.05) is 18.2 Å². The fourth-order valence-corrected chi connectivity index (χ4v) is 2.75. The first-order valence-electron chi connectivity index (χ1n) is 8.66. The van der Waals surface area contributed by atoms with Gasteiger partial charge in [0.1, 0.15) is 5.75 Å². The third kappa shape index (κ3) is 4.53. The summed E-state index contributed by atoms with van der Waals surface area (Å²) in [7, 11) is 1.51. The molecule has 2 aromatic carbocycles. The Hall–Kier alpha value is -3.42. The van der Waals surface area contributed by atoms with E-state index in [-0.39, 0.29) is 11.4 Å². The molecular weight excluding hydrogens is 383 g/mol. The number of amides is 1. The lowest BCUT2D eigenvalue weighted by Crippen LogP contribution is -2.15. The summed E-state index contributed by atoms with van der Waals surface area (Å²) in [6.07, 6.45) is -3.05. The monoisotopic (exact) mass is 401 g/mol. The summed E-state index contributed by atoms with van der Waals surface area (Å²) >= 11 is 0. The van der Waals surface area contributed by atoms with Gasteiger partial charge in [-0.05, 0) is 43.7 Å². The highest BCUT2D eigenvalue weighted by molar-refractivity contribution is 6.05. The molecule has 3 aromatic rings. The van der Waals surface area contributed by atoms with Crippen LogP contribution in [0, 0.1) is 13.8 Å². The van der Waals surface area contributed by atoms with Crippen LogP contribution < -0.4 is 10.1 Å². The molecule has 1 N–H and O–H groups in total. The maximum atomic E-state index is 12.7. The van der Waals surface area contributed by atoms with Gasteiger partial charge in [0, 0.05) is 11.8 Å². The van der Waals surface area contributed by atoms with E-state index in [0.29, 0.717) is 22.7 Å². The number of hydrogen-bond donors (Lipinski definition) is 1. The minimum absolute atomic E-state index is 0.237. The molecule has 150 valence electrons. The molecule has 0 bridgehead atoms. The number of benzene rings is 2. The number of anilines is 1. The Bertz CT molecular complexity index is 1050. The van der Waals surface area contributed by atoms with Crippen LogP contribution in [0.1, 0.15) is 27.2 Å². The Labute approximate surface area is 165 Å². The van der Waals surface area contributed by atoms with Crippen molar-refractivity contribution in [3.05, 3.63) is 71.0 Å². The zero-order valence-electron chi connectivity index (χ0n) is 16.0. The summed E-state index contributed by atoms with van der Waals surface area (Å²) in [6.45, 7) is 3.53. The van der Waals surface area contributed by atoms with Gasteiger partial charge < -0.3 is 10.1 Å². The Balaban J connectivity index is 1.84. The topological polar surface area (TPSA) is 64.1 Å². The summed E-state index contributed by atoms with van der Waals surface area (Å²) in [5.41, 5.74) is 1.80. The van der Waals surface area contributed by atoms with E-state index in [4.69, 9.17) is 4.74 Å². The summed E-state index contributed by atoms with van der Waals surface area (Å²) < 4.78 is 43.4. The summed E-state index contributed by atoms with van der Waals surface area (Å²) in [5, 5.41) is 2.77. The number of nitrogens with one attached hydrogen (secondary N) is 1. The number of methoxy groups -OCH3 is 1. The lowest BCUT2D eigenvalue weighted by Gasteiger charge is -2.12. The predicted octanol–water partition coefficient (Wildman–Crippen LogP) is 5.04. The molecule has 3 rings (SSSR count). The Kier molecular flexibility index (Phi) is 5.54. The van der Waals surface area contributed by atoms with Gasteiger partial charge in [-0.15, -0.1) is 0 Å². The van der Waals surface area contributed by atoms with Gasteiger partial charge in [0.05, 0.1) is 29.6 Å². The van der Waals surface area contributed by atoms with E-state index in [1.807, 2.05) is 13.0 Å². The van der Waals surface area contributed by atoms with Crippen molar-refractivity contribution in [2.45, 2.75) is 20.0 Å². The number of carbonyl (C=O) groups is 1. The van der Waals surface area contributed by atoms with Crippen LogP contribution in [0.4, 0.5) is 18.9 Å². The fraction of sp³-hybridized carbons (Fsp3) is 0.190. The average molecular weight is 401 g/mol. The summed E-state index contributed by atoms with van der Waals surface area (Å²) in [5.74, 6) is 0.343. The van der Waals surface area contributed by atoms with Crippen LogP contribution in [0.2, 0.25) is 0 Å². The molecule has 0 aliphatic rings. The average Bonchev–Trinajstić information content (AvgIpc) is 2.67. The van der Waals surface area contributed by atoms with Crippen LogP contribution in [0.5, 0.6) is 5.75 Å². The molecule has 0 spiro atoms. The molecule has 0 atom stereocenters. The van der Waals surface area contributed by atoms with Crippen LogP contribution in [0.25, 0.3) is 11.4 Å². The minimum atomic E-state index is -4.41. The van der Waals surface area contributed by atoms with Crippen molar-refractivity contribution in [3.8, 4) is 17.1 Å². The number of ether oxygens (including phenoxy) is 1. The van der Waals surface area contributed by atoms with Gasteiger partial charge in [-0.25, -0.2) is 9.97 Å². The van der Waals surface area contributed by atoms with E-state index in [1.165, 1.54) is 25.4 Å². The normalized spacial score (nSPS) is 11.2. The van der Waals surface area contributed by atoms with Gasteiger partial charge in [-0.3, -0.25) is 4.79 Å². The number of alkyl halides is 3. The molecular formula is C21H18F3N3O2. The first-order valence-corrected chi connectivity index (χ1v) is 8.66. The molecule has 5 nitrogen and oxygen atoms in total. The number of carbonyl (C=O) groups excluding carboxylic acids is 1. The smallest absolute Gasteiger partial charge is 0.416 e. The van der Waals surface area contributed by atoms with Crippen LogP contribution in [-0.2, 0) is 6.18 Å². The molecule has 0 unspecified atom stereocenters. The van der Waals surface area contributed by atoms with Crippen LogP contribution in [0.15, 0.2) is 48.7 Å². The number of halogens is 3. The molecule has 0 saturated heterocycles. The van der Waals surface area contributed by atoms with E-state index < -0.39 is 17.6 Å². The third-order valence-electron chi connectivity index (χ3n) is 4.30. The van der Waals surface area contributed by atoms with Crippen molar-refractivity contribution in [1.29, 1.82) is 0 Å². The SMILES string of the molecule is COc1ccc(C)cc1NC(=O)c1cnc(-c2ccc(C(F)(F)F)cc2)nc1C. The van der Waals surface area contributed by atoms with E-state index >= 15 is 0 Å². The summed E-state index contributed by atoms with van der Waals surface area (Å²) in [4.78, 5) is 21.1. The summed E-state index contributed by atoms with van der Waals surface area (Å²) in [6, 6.07) is 9.94. The molecule has 0 radical (unpaired) electrons. The van der Waals surface area contributed by atoms with Gasteiger partial charge in [0.2, 0.25) is 0 Å². The zero-order chi connectivity index (χ0) is 21.2. The molecule has 1 amide bonds. The predicted molar refractivity (Wildman–Crippen MR) is 103 cm³/mol. The zero-order valence-corrected chi connectivity index (χ0v) is 16.0. The number of aromatic nitrogens is 2. The molecule has 0 saturated carbocycles. The van der Waals surface area contributed by atoms with E-state index in [2.05, 4.69) is 15.3 Å². The largest absolute Gasteiger partial charge is 0.495 e. The molecule has 8 heteroatoms. The third-order valence-corrected chi connectivity index (χ3v) is 4.30. The van der Waals surface area contributed by atoms with Crippen LogP contribution in [0.3, 0.4) is 0 Å². The molecule has 29 heavy (non-hydrogen) atoms. The number of aryl methyl sites for hydroxylation is 2. The second-order valence-corrected chi connectivity index (χ2v) is 6.43. The van der Waals surface area contributed by atoms with E-state index in [0.717, 1.165) is 17.7 Å². The van der Waals surface area contributed by atoms with Gasteiger partial charge in [0.15, 0.2) is 5.82 Å². The van der Waals surface area contributed by atoms with Gasteiger partial charge in [-0.2, -0.15) is 13.2 Å². The molecule has 0 fully saturated rings. The molecule has 0 aliphatic heterocycles. The first kappa shape index (κ1) is 20.3. The Morgan fingerprint density at radius 3 is 2.34 bits per heavy atom. The van der Waals surface area contributed by atoms with E-state index in [9.17, 15) is 18.0 Å². The highest BCUT2D eigenvalue weighted by Crippen LogP contribution is 2.30. The quantitative estimate of drug-likeness (QED) is 0.665.